The quantitative estimate of drug-likeness (QED) is 0.757. The third-order valence-electron chi connectivity index (χ3n) is 2.40. The van der Waals surface area contributed by atoms with Gasteiger partial charge < -0.3 is 4.90 Å². The van der Waals surface area contributed by atoms with E-state index >= 15 is 0 Å². The van der Waals surface area contributed by atoms with Gasteiger partial charge in [-0.1, -0.05) is 13.8 Å². The molecule has 0 aliphatic heterocycles. The van der Waals surface area contributed by atoms with Gasteiger partial charge in [0, 0.05) is 13.1 Å². The largest absolute Gasteiger partial charge is 0.325 e. The number of imide groups is 1. The zero-order chi connectivity index (χ0) is 12.0. The summed E-state index contributed by atoms with van der Waals surface area (Å²) in [6.45, 7) is 5.54. The van der Waals surface area contributed by atoms with E-state index in [1.807, 2.05) is 13.8 Å². The van der Waals surface area contributed by atoms with Gasteiger partial charge in [0.1, 0.15) is 5.38 Å². The summed E-state index contributed by atoms with van der Waals surface area (Å²) in [5.74, 6) is -0.459. The molecule has 15 heavy (non-hydrogen) atoms. The number of nitrogens with one attached hydrogen (secondary N) is 1. The molecular formula is C10H19ClN2O2. The first kappa shape index (κ1) is 14.2. The molecule has 0 rings (SSSR count). The molecule has 0 aliphatic carbocycles. The van der Waals surface area contributed by atoms with Crippen molar-refractivity contribution in [2.24, 2.45) is 0 Å². The SMILES string of the molecule is CCC(CC)N(C)C(=O)NC(=O)C(C)Cl. The van der Waals surface area contributed by atoms with Crippen molar-refractivity contribution in [2.75, 3.05) is 7.05 Å². The standard InChI is InChI=1S/C10H19ClN2O2/c1-5-8(6-2)13(4)10(15)12-9(14)7(3)11/h7-8H,5-6H2,1-4H3,(H,12,14,15). The average molecular weight is 235 g/mol. The van der Waals surface area contributed by atoms with Crippen LogP contribution in [0, 0.1) is 0 Å². The Morgan fingerprint density at radius 3 is 2.13 bits per heavy atom. The fourth-order valence-corrected chi connectivity index (χ4v) is 1.35. The fraction of sp³-hybridized carbons (Fsp3) is 0.800. The van der Waals surface area contributed by atoms with E-state index in [1.54, 1.807) is 7.05 Å². The number of alkyl halides is 1. The average Bonchev–Trinajstić information content (AvgIpc) is 2.19. The van der Waals surface area contributed by atoms with Gasteiger partial charge in [-0.25, -0.2) is 4.79 Å². The van der Waals surface area contributed by atoms with Crippen LogP contribution in [0.5, 0.6) is 0 Å². The van der Waals surface area contributed by atoms with E-state index in [0.717, 1.165) is 12.8 Å². The number of hydrogen-bond acceptors (Lipinski definition) is 2. The predicted octanol–water partition coefficient (Wildman–Crippen LogP) is 1.97. The van der Waals surface area contributed by atoms with Crippen LogP contribution in [0.25, 0.3) is 0 Å². The van der Waals surface area contributed by atoms with Crippen molar-refractivity contribution >= 4 is 23.5 Å². The lowest BCUT2D eigenvalue weighted by atomic mass is 10.1. The molecule has 1 N–H and O–H groups in total. The Morgan fingerprint density at radius 2 is 1.80 bits per heavy atom. The normalized spacial score (nSPS) is 12.4. The van der Waals surface area contributed by atoms with Crippen LogP contribution in [0.2, 0.25) is 0 Å². The molecular weight excluding hydrogens is 216 g/mol. The lowest BCUT2D eigenvalue weighted by Gasteiger charge is -2.26. The van der Waals surface area contributed by atoms with Gasteiger partial charge in [0.05, 0.1) is 0 Å². The van der Waals surface area contributed by atoms with E-state index in [2.05, 4.69) is 5.32 Å². The molecule has 0 aromatic rings. The molecule has 0 fully saturated rings. The van der Waals surface area contributed by atoms with Gasteiger partial charge in [-0.2, -0.15) is 0 Å². The Bertz CT molecular complexity index is 227. The number of hydrogen-bond donors (Lipinski definition) is 1. The zero-order valence-corrected chi connectivity index (χ0v) is 10.5. The Kier molecular flexibility index (Phi) is 6.32. The van der Waals surface area contributed by atoms with E-state index in [-0.39, 0.29) is 12.1 Å². The summed E-state index contributed by atoms with van der Waals surface area (Å²) in [5.41, 5.74) is 0. The van der Waals surface area contributed by atoms with Crippen molar-refractivity contribution < 1.29 is 9.59 Å². The number of nitrogens with zero attached hydrogens (tertiary/aromatic N) is 1. The van der Waals surface area contributed by atoms with Crippen molar-refractivity contribution in [3.05, 3.63) is 0 Å². The van der Waals surface area contributed by atoms with Crippen molar-refractivity contribution in [3.63, 3.8) is 0 Å². The molecule has 0 aromatic heterocycles. The molecule has 0 heterocycles. The van der Waals surface area contributed by atoms with E-state index in [0.29, 0.717) is 0 Å². The Labute approximate surface area is 96.0 Å². The molecule has 88 valence electrons. The van der Waals surface area contributed by atoms with Crippen molar-refractivity contribution in [1.29, 1.82) is 0 Å². The molecule has 4 nitrogen and oxygen atoms in total. The first-order valence-corrected chi connectivity index (χ1v) is 5.59. The summed E-state index contributed by atoms with van der Waals surface area (Å²) in [5, 5.41) is 1.55. The maximum Gasteiger partial charge on any atom is 0.324 e. The molecule has 5 heteroatoms. The van der Waals surface area contributed by atoms with Gasteiger partial charge in [-0.15, -0.1) is 11.6 Å². The summed E-state index contributed by atoms with van der Waals surface area (Å²) >= 11 is 5.54. The molecule has 0 bridgehead atoms. The molecule has 0 radical (unpaired) electrons. The van der Waals surface area contributed by atoms with Crippen molar-refractivity contribution in [2.45, 2.75) is 45.0 Å². The van der Waals surface area contributed by atoms with Gasteiger partial charge in [0.15, 0.2) is 0 Å². The van der Waals surface area contributed by atoms with Crippen LogP contribution in [0.1, 0.15) is 33.6 Å². The van der Waals surface area contributed by atoms with Crippen LogP contribution < -0.4 is 5.32 Å². The van der Waals surface area contributed by atoms with Crippen LogP contribution in [0.15, 0.2) is 0 Å². The van der Waals surface area contributed by atoms with Crippen LogP contribution in [0.3, 0.4) is 0 Å². The van der Waals surface area contributed by atoms with Crippen LogP contribution in [-0.4, -0.2) is 35.3 Å². The molecule has 0 saturated heterocycles. The number of urea groups is 1. The minimum absolute atomic E-state index is 0.156. The lowest BCUT2D eigenvalue weighted by Crippen LogP contribution is -2.47. The van der Waals surface area contributed by atoms with Crippen LogP contribution in [0.4, 0.5) is 4.79 Å². The molecule has 0 spiro atoms. The molecule has 0 saturated carbocycles. The van der Waals surface area contributed by atoms with Crippen LogP contribution in [-0.2, 0) is 4.79 Å². The molecule has 3 amide bonds. The first-order valence-electron chi connectivity index (χ1n) is 5.15. The lowest BCUT2D eigenvalue weighted by molar-refractivity contribution is -0.119. The zero-order valence-electron chi connectivity index (χ0n) is 9.71. The summed E-state index contributed by atoms with van der Waals surface area (Å²) < 4.78 is 0. The van der Waals surface area contributed by atoms with E-state index in [9.17, 15) is 9.59 Å². The summed E-state index contributed by atoms with van der Waals surface area (Å²) in [6.07, 6.45) is 1.73. The number of halogens is 1. The maximum atomic E-state index is 11.6. The predicted molar refractivity (Wildman–Crippen MR) is 61.0 cm³/mol. The summed E-state index contributed by atoms with van der Waals surface area (Å²) in [6, 6.07) is -0.232. The third kappa shape index (κ3) is 4.51. The molecule has 1 unspecified atom stereocenters. The van der Waals surface area contributed by atoms with Gasteiger partial charge in [0.25, 0.3) is 0 Å². The van der Waals surface area contributed by atoms with E-state index < -0.39 is 11.3 Å². The monoisotopic (exact) mass is 234 g/mol. The second kappa shape index (κ2) is 6.67. The number of carbonyl (C=O) groups is 2. The smallest absolute Gasteiger partial charge is 0.324 e. The molecule has 0 aliphatic rings. The van der Waals surface area contributed by atoms with Gasteiger partial charge in [-0.3, -0.25) is 10.1 Å². The maximum absolute atomic E-state index is 11.6. The Balaban J connectivity index is 4.26. The van der Waals surface area contributed by atoms with Gasteiger partial charge in [-0.05, 0) is 19.8 Å². The second-order valence-corrected chi connectivity index (χ2v) is 4.15. The number of carbonyl (C=O) groups excluding carboxylic acids is 2. The van der Waals surface area contributed by atoms with Crippen LogP contribution >= 0.6 is 11.6 Å². The minimum atomic E-state index is -0.691. The molecule has 0 aromatic carbocycles. The highest BCUT2D eigenvalue weighted by Gasteiger charge is 2.20. The van der Waals surface area contributed by atoms with Crippen molar-refractivity contribution in [3.8, 4) is 0 Å². The summed E-state index contributed by atoms with van der Waals surface area (Å²) in [4.78, 5) is 24.3. The fourth-order valence-electron chi connectivity index (χ4n) is 1.30. The third-order valence-corrected chi connectivity index (χ3v) is 2.60. The summed E-state index contributed by atoms with van der Waals surface area (Å²) in [7, 11) is 1.68. The Morgan fingerprint density at radius 1 is 1.33 bits per heavy atom. The first-order chi connectivity index (χ1) is 6.93. The highest BCUT2D eigenvalue weighted by Crippen LogP contribution is 2.06. The topological polar surface area (TPSA) is 49.4 Å². The number of rotatable bonds is 4. The van der Waals surface area contributed by atoms with Crippen molar-refractivity contribution in [1.82, 2.24) is 10.2 Å². The second-order valence-electron chi connectivity index (χ2n) is 3.49. The van der Waals surface area contributed by atoms with E-state index in [1.165, 1.54) is 11.8 Å². The highest BCUT2D eigenvalue weighted by atomic mass is 35.5. The Hall–Kier alpha value is -0.770. The number of amides is 3. The van der Waals surface area contributed by atoms with Gasteiger partial charge >= 0.3 is 6.03 Å². The molecule has 1 atom stereocenters. The van der Waals surface area contributed by atoms with E-state index in [4.69, 9.17) is 11.6 Å². The van der Waals surface area contributed by atoms with Gasteiger partial charge in [0.2, 0.25) is 5.91 Å². The highest BCUT2D eigenvalue weighted by molar-refractivity contribution is 6.31. The minimum Gasteiger partial charge on any atom is -0.325 e.